The molecule has 0 saturated heterocycles. The quantitative estimate of drug-likeness (QED) is 0.550. The molecule has 1 aliphatic heterocycles. The summed E-state index contributed by atoms with van der Waals surface area (Å²) in [6.45, 7) is 13.1. The Morgan fingerprint density at radius 1 is 1.35 bits per heavy atom. The molecular formula is C19H30N2O5. The van der Waals surface area contributed by atoms with E-state index in [4.69, 9.17) is 9.47 Å². The topological polar surface area (TPSA) is 84.9 Å². The third-order valence-electron chi connectivity index (χ3n) is 3.38. The van der Waals surface area contributed by atoms with Crippen molar-refractivity contribution in [1.29, 1.82) is 0 Å². The van der Waals surface area contributed by atoms with E-state index >= 15 is 0 Å². The number of carbonyl (C=O) groups is 3. The Morgan fingerprint density at radius 2 is 2.00 bits per heavy atom. The van der Waals surface area contributed by atoms with Crippen molar-refractivity contribution < 1.29 is 23.9 Å². The lowest BCUT2D eigenvalue weighted by molar-refractivity contribution is -0.157. The van der Waals surface area contributed by atoms with Crippen LogP contribution in [-0.4, -0.2) is 54.1 Å². The van der Waals surface area contributed by atoms with E-state index in [1.54, 1.807) is 20.8 Å². The molecular weight excluding hydrogens is 336 g/mol. The summed E-state index contributed by atoms with van der Waals surface area (Å²) in [4.78, 5) is 37.7. The van der Waals surface area contributed by atoms with E-state index in [2.05, 4.69) is 11.9 Å². The van der Waals surface area contributed by atoms with Gasteiger partial charge in [0.25, 0.3) is 0 Å². The highest BCUT2D eigenvalue weighted by Crippen LogP contribution is 2.15. The molecule has 0 fully saturated rings. The van der Waals surface area contributed by atoms with Crippen LogP contribution in [0.15, 0.2) is 24.4 Å². The summed E-state index contributed by atoms with van der Waals surface area (Å²) in [5.41, 5.74) is -0.112. The lowest BCUT2D eigenvalue weighted by Crippen LogP contribution is -2.47. The lowest BCUT2D eigenvalue weighted by Gasteiger charge is -2.30. The van der Waals surface area contributed by atoms with Gasteiger partial charge in [0.2, 0.25) is 0 Å². The van der Waals surface area contributed by atoms with Crippen molar-refractivity contribution in [3.63, 3.8) is 0 Å². The van der Waals surface area contributed by atoms with E-state index in [0.29, 0.717) is 12.1 Å². The second-order valence-electron chi connectivity index (χ2n) is 7.72. The van der Waals surface area contributed by atoms with Gasteiger partial charge in [0.05, 0.1) is 13.1 Å². The molecule has 146 valence electrons. The third kappa shape index (κ3) is 7.72. The first-order valence-corrected chi connectivity index (χ1v) is 8.77. The zero-order chi connectivity index (χ0) is 19.9. The molecule has 0 spiro atoms. The molecule has 0 aliphatic carbocycles. The zero-order valence-corrected chi connectivity index (χ0v) is 16.3. The van der Waals surface area contributed by atoms with E-state index in [1.807, 2.05) is 13.8 Å². The molecule has 1 rings (SSSR count). The highest BCUT2D eigenvalue weighted by atomic mass is 16.6. The maximum atomic E-state index is 12.5. The fourth-order valence-corrected chi connectivity index (χ4v) is 2.46. The van der Waals surface area contributed by atoms with E-state index in [-0.39, 0.29) is 37.4 Å². The van der Waals surface area contributed by atoms with Gasteiger partial charge in [-0.3, -0.25) is 9.69 Å². The van der Waals surface area contributed by atoms with Crippen molar-refractivity contribution in [3.05, 3.63) is 24.4 Å². The van der Waals surface area contributed by atoms with Crippen LogP contribution in [0.3, 0.4) is 0 Å². The number of carbonyl (C=O) groups excluding carboxylic acids is 3. The van der Waals surface area contributed by atoms with Crippen molar-refractivity contribution in [2.45, 2.75) is 52.7 Å². The number of ketones is 1. The van der Waals surface area contributed by atoms with Crippen LogP contribution in [0.1, 0.15) is 41.0 Å². The average Bonchev–Trinajstić information content (AvgIpc) is 2.49. The minimum Gasteiger partial charge on any atom is -0.458 e. The Balaban J connectivity index is 2.84. The van der Waals surface area contributed by atoms with Crippen molar-refractivity contribution in [2.24, 2.45) is 5.92 Å². The molecule has 0 aromatic carbocycles. The summed E-state index contributed by atoms with van der Waals surface area (Å²) in [6.07, 6.45) is 2.83. The van der Waals surface area contributed by atoms with Crippen LogP contribution >= 0.6 is 0 Å². The number of ether oxygens (including phenoxy) is 2. The third-order valence-corrected chi connectivity index (χ3v) is 3.38. The highest BCUT2D eigenvalue weighted by molar-refractivity contribution is 5.95. The van der Waals surface area contributed by atoms with Gasteiger partial charge in [0.1, 0.15) is 18.2 Å². The van der Waals surface area contributed by atoms with E-state index in [0.717, 1.165) is 0 Å². The first-order valence-electron chi connectivity index (χ1n) is 8.77. The molecule has 0 aromatic rings. The molecule has 7 nitrogen and oxygen atoms in total. The smallest absolute Gasteiger partial charge is 0.410 e. The average molecular weight is 366 g/mol. The Hall–Kier alpha value is -2.31. The molecule has 0 bridgehead atoms. The predicted molar refractivity (Wildman–Crippen MR) is 98.4 cm³/mol. The van der Waals surface area contributed by atoms with Gasteiger partial charge in [-0.1, -0.05) is 26.5 Å². The van der Waals surface area contributed by atoms with Gasteiger partial charge >= 0.3 is 12.1 Å². The molecule has 1 heterocycles. The molecule has 1 aliphatic rings. The van der Waals surface area contributed by atoms with Crippen molar-refractivity contribution in [1.82, 2.24) is 10.2 Å². The largest absolute Gasteiger partial charge is 0.458 e. The molecule has 0 aromatic heterocycles. The number of nitrogens with one attached hydrogen (secondary N) is 1. The summed E-state index contributed by atoms with van der Waals surface area (Å²) >= 11 is 0. The molecule has 1 N–H and O–H groups in total. The van der Waals surface area contributed by atoms with E-state index in [9.17, 15) is 14.4 Å². The van der Waals surface area contributed by atoms with Crippen LogP contribution in [0.5, 0.6) is 0 Å². The van der Waals surface area contributed by atoms with Crippen LogP contribution in [-0.2, 0) is 19.1 Å². The van der Waals surface area contributed by atoms with Gasteiger partial charge in [-0.05, 0) is 33.1 Å². The Labute approximate surface area is 155 Å². The van der Waals surface area contributed by atoms with Crippen LogP contribution < -0.4 is 5.32 Å². The summed E-state index contributed by atoms with van der Waals surface area (Å²) in [7, 11) is 0. The van der Waals surface area contributed by atoms with Crippen LogP contribution in [0.25, 0.3) is 0 Å². The molecule has 0 saturated carbocycles. The number of nitrogens with zero attached hydrogens (tertiary/aromatic N) is 1. The Bertz CT molecular complexity index is 575. The highest BCUT2D eigenvalue weighted by Gasteiger charge is 2.29. The monoisotopic (exact) mass is 366 g/mol. The minimum absolute atomic E-state index is 0.0531. The van der Waals surface area contributed by atoms with Gasteiger partial charge in [-0.2, -0.15) is 0 Å². The number of amides is 1. The van der Waals surface area contributed by atoms with Gasteiger partial charge < -0.3 is 14.8 Å². The number of hydrogen-bond acceptors (Lipinski definition) is 6. The molecule has 1 amide bonds. The standard InChI is InChI=1S/C19H30N2O5/c1-7-8-25-18(24)21-11-14(10-15(22)12-21)20-16(9-13(2)3)17(23)26-19(4,5)6/h7,10,13,16,20H,1,8-9,11-12H2,2-6H3/t16-/m0/s1. The van der Waals surface area contributed by atoms with Crippen molar-refractivity contribution in [3.8, 4) is 0 Å². The molecule has 26 heavy (non-hydrogen) atoms. The van der Waals surface area contributed by atoms with E-state index < -0.39 is 17.7 Å². The molecule has 7 heteroatoms. The fourth-order valence-electron chi connectivity index (χ4n) is 2.46. The SMILES string of the molecule is C=CCOC(=O)N1CC(=O)C=C(N[C@@H](CC(C)C)C(=O)OC(C)(C)C)C1. The summed E-state index contributed by atoms with van der Waals surface area (Å²) in [6, 6.07) is -0.600. The number of hydrogen-bond donors (Lipinski definition) is 1. The summed E-state index contributed by atoms with van der Waals surface area (Å²) in [5.74, 6) is -0.374. The number of rotatable bonds is 7. The second kappa shape index (κ2) is 9.40. The van der Waals surface area contributed by atoms with Gasteiger partial charge in [-0.25, -0.2) is 9.59 Å². The fraction of sp³-hybridized carbons (Fsp3) is 0.632. The minimum atomic E-state index is -0.606. The van der Waals surface area contributed by atoms with Crippen molar-refractivity contribution in [2.75, 3.05) is 19.7 Å². The van der Waals surface area contributed by atoms with Gasteiger partial charge in [-0.15, -0.1) is 0 Å². The summed E-state index contributed by atoms with van der Waals surface area (Å²) in [5, 5.41) is 3.08. The zero-order valence-electron chi connectivity index (χ0n) is 16.3. The van der Waals surface area contributed by atoms with Crippen molar-refractivity contribution >= 4 is 17.8 Å². The first-order chi connectivity index (χ1) is 12.0. The van der Waals surface area contributed by atoms with E-state index in [1.165, 1.54) is 17.1 Å². The Kier molecular flexibility index (Phi) is 7.86. The maximum absolute atomic E-state index is 12.5. The second-order valence-corrected chi connectivity index (χ2v) is 7.72. The van der Waals surface area contributed by atoms with Crippen LogP contribution in [0, 0.1) is 5.92 Å². The van der Waals surface area contributed by atoms with Gasteiger partial charge in [0.15, 0.2) is 5.78 Å². The molecule has 1 atom stereocenters. The Morgan fingerprint density at radius 3 is 2.54 bits per heavy atom. The van der Waals surface area contributed by atoms with Crippen LogP contribution in [0.4, 0.5) is 4.79 Å². The summed E-state index contributed by atoms with van der Waals surface area (Å²) < 4.78 is 10.4. The normalized spacial score (nSPS) is 16.0. The first kappa shape index (κ1) is 21.7. The van der Waals surface area contributed by atoms with Gasteiger partial charge in [0, 0.05) is 11.8 Å². The number of esters is 1. The molecule has 0 radical (unpaired) electrons. The lowest BCUT2D eigenvalue weighted by atomic mass is 10.0. The predicted octanol–water partition coefficient (Wildman–Crippen LogP) is 2.42. The molecule has 0 unspecified atom stereocenters. The van der Waals surface area contributed by atoms with Crippen LogP contribution in [0.2, 0.25) is 0 Å². The maximum Gasteiger partial charge on any atom is 0.410 e.